The van der Waals surface area contributed by atoms with Gasteiger partial charge in [-0.05, 0) is 45.2 Å². The van der Waals surface area contributed by atoms with E-state index in [0.29, 0.717) is 18.8 Å². The summed E-state index contributed by atoms with van der Waals surface area (Å²) in [4.78, 5) is 19.5. The van der Waals surface area contributed by atoms with Crippen LogP contribution >= 0.6 is 11.3 Å². The topological polar surface area (TPSA) is 59.2 Å². The molecule has 1 amide bonds. The zero-order valence-corrected chi connectivity index (χ0v) is 16.0. The summed E-state index contributed by atoms with van der Waals surface area (Å²) >= 11 is 1.76. The largest absolute Gasteiger partial charge is 0.361 e. The van der Waals surface area contributed by atoms with Gasteiger partial charge < -0.3 is 9.42 Å². The van der Waals surface area contributed by atoms with Crippen molar-refractivity contribution < 1.29 is 9.32 Å². The van der Waals surface area contributed by atoms with E-state index >= 15 is 0 Å². The number of piperidine rings is 1. The van der Waals surface area contributed by atoms with E-state index in [-0.39, 0.29) is 5.91 Å². The van der Waals surface area contributed by atoms with Crippen molar-refractivity contribution in [2.24, 2.45) is 0 Å². The Morgan fingerprint density at radius 3 is 2.96 bits per heavy atom. The molecule has 1 aliphatic heterocycles. The van der Waals surface area contributed by atoms with E-state index in [4.69, 9.17) is 9.51 Å². The fraction of sp³-hybridized carbons (Fsp3) is 0.450. The Labute approximate surface area is 157 Å². The summed E-state index contributed by atoms with van der Waals surface area (Å²) in [5.74, 6) is 1.39. The van der Waals surface area contributed by atoms with E-state index < -0.39 is 0 Å². The Hall–Kier alpha value is -2.21. The van der Waals surface area contributed by atoms with Gasteiger partial charge in [0.2, 0.25) is 5.91 Å². The first-order chi connectivity index (χ1) is 12.6. The number of aryl methyl sites for hydroxylation is 2. The van der Waals surface area contributed by atoms with Gasteiger partial charge in [0, 0.05) is 31.0 Å². The third-order valence-corrected chi connectivity index (χ3v) is 6.40. The molecule has 3 aromatic rings. The van der Waals surface area contributed by atoms with Gasteiger partial charge in [-0.15, -0.1) is 11.3 Å². The molecule has 0 bridgehead atoms. The summed E-state index contributed by atoms with van der Waals surface area (Å²) in [7, 11) is 0. The third-order valence-electron chi connectivity index (χ3n) is 5.20. The molecule has 1 atom stereocenters. The molecule has 1 aliphatic rings. The SMILES string of the molecule is Cc1noc(C)c1CCC(=O)N1CCC[C@@H](c2nc3ccccc3s2)C1. The fourth-order valence-corrected chi connectivity index (χ4v) is 4.81. The van der Waals surface area contributed by atoms with E-state index in [2.05, 4.69) is 23.4 Å². The van der Waals surface area contributed by atoms with Gasteiger partial charge in [0.25, 0.3) is 0 Å². The quantitative estimate of drug-likeness (QED) is 0.690. The van der Waals surface area contributed by atoms with Crippen LogP contribution in [0.1, 0.15) is 47.2 Å². The number of hydrogen-bond acceptors (Lipinski definition) is 5. The van der Waals surface area contributed by atoms with Crippen molar-refractivity contribution in [1.82, 2.24) is 15.0 Å². The lowest BCUT2D eigenvalue weighted by molar-refractivity contribution is -0.132. The second-order valence-corrected chi connectivity index (χ2v) is 8.06. The number of thiazole rings is 1. The van der Waals surface area contributed by atoms with Crippen LogP contribution in [0.5, 0.6) is 0 Å². The molecule has 1 fully saturated rings. The lowest BCUT2D eigenvalue weighted by Gasteiger charge is -2.32. The zero-order chi connectivity index (χ0) is 18.1. The van der Waals surface area contributed by atoms with Crippen molar-refractivity contribution in [3.05, 3.63) is 46.3 Å². The van der Waals surface area contributed by atoms with Crippen LogP contribution in [-0.2, 0) is 11.2 Å². The number of carbonyl (C=O) groups excluding carboxylic acids is 1. The summed E-state index contributed by atoms with van der Waals surface area (Å²) in [6.45, 7) is 5.46. The highest BCUT2D eigenvalue weighted by molar-refractivity contribution is 7.18. The maximum Gasteiger partial charge on any atom is 0.222 e. The van der Waals surface area contributed by atoms with Gasteiger partial charge in [0.05, 0.1) is 20.9 Å². The Morgan fingerprint density at radius 1 is 1.35 bits per heavy atom. The van der Waals surface area contributed by atoms with Crippen LogP contribution in [0.25, 0.3) is 10.2 Å². The number of aromatic nitrogens is 2. The highest BCUT2D eigenvalue weighted by Crippen LogP contribution is 2.33. The summed E-state index contributed by atoms with van der Waals surface area (Å²) in [5.41, 5.74) is 3.02. The van der Waals surface area contributed by atoms with E-state index in [9.17, 15) is 4.79 Å². The molecule has 0 N–H and O–H groups in total. The molecule has 6 heteroatoms. The van der Waals surface area contributed by atoms with Crippen LogP contribution in [0.4, 0.5) is 0 Å². The maximum atomic E-state index is 12.7. The van der Waals surface area contributed by atoms with Gasteiger partial charge in [-0.1, -0.05) is 17.3 Å². The summed E-state index contributed by atoms with van der Waals surface area (Å²) in [5, 5.41) is 5.13. The number of nitrogens with zero attached hydrogens (tertiary/aromatic N) is 3. The molecule has 0 saturated carbocycles. The molecule has 0 unspecified atom stereocenters. The normalized spacial score (nSPS) is 17.8. The molecule has 2 aromatic heterocycles. The van der Waals surface area contributed by atoms with Gasteiger partial charge >= 0.3 is 0 Å². The highest BCUT2D eigenvalue weighted by atomic mass is 32.1. The first-order valence-electron chi connectivity index (χ1n) is 9.17. The molecule has 3 heterocycles. The standard InChI is InChI=1S/C20H23N3O2S/c1-13-16(14(2)25-22-13)9-10-19(24)23-11-5-6-15(12-23)20-21-17-7-3-4-8-18(17)26-20/h3-4,7-8,15H,5-6,9-12H2,1-2H3/t15-/m1/s1. The first-order valence-corrected chi connectivity index (χ1v) is 9.98. The minimum Gasteiger partial charge on any atom is -0.361 e. The molecule has 26 heavy (non-hydrogen) atoms. The van der Waals surface area contributed by atoms with Crippen molar-refractivity contribution in [2.75, 3.05) is 13.1 Å². The van der Waals surface area contributed by atoms with E-state index in [1.165, 1.54) is 4.70 Å². The average Bonchev–Trinajstić information content (AvgIpc) is 3.23. The molecule has 5 nitrogen and oxygen atoms in total. The molecular formula is C20H23N3O2S. The second kappa shape index (κ2) is 7.19. The van der Waals surface area contributed by atoms with Crippen molar-refractivity contribution in [3.8, 4) is 0 Å². The Morgan fingerprint density at radius 2 is 2.19 bits per heavy atom. The van der Waals surface area contributed by atoms with Crippen molar-refractivity contribution in [2.45, 2.75) is 45.4 Å². The van der Waals surface area contributed by atoms with E-state index in [1.807, 2.05) is 24.8 Å². The van der Waals surface area contributed by atoms with E-state index in [1.54, 1.807) is 11.3 Å². The lowest BCUT2D eigenvalue weighted by Crippen LogP contribution is -2.39. The first kappa shape index (κ1) is 17.2. The molecule has 136 valence electrons. The number of rotatable bonds is 4. The monoisotopic (exact) mass is 369 g/mol. The number of amides is 1. The van der Waals surface area contributed by atoms with Gasteiger partial charge in [-0.3, -0.25) is 4.79 Å². The number of fused-ring (bicyclic) bond motifs is 1. The van der Waals surface area contributed by atoms with Crippen molar-refractivity contribution in [3.63, 3.8) is 0 Å². The zero-order valence-electron chi connectivity index (χ0n) is 15.2. The smallest absolute Gasteiger partial charge is 0.222 e. The average molecular weight is 369 g/mol. The van der Waals surface area contributed by atoms with Gasteiger partial charge in [0.1, 0.15) is 5.76 Å². The van der Waals surface area contributed by atoms with Crippen LogP contribution in [0, 0.1) is 13.8 Å². The van der Waals surface area contributed by atoms with Crippen LogP contribution in [0.3, 0.4) is 0 Å². The van der Waals surface area contributed by atoms with Gasteiger partial charge in [0.15, 0.2) is 0 Å². The van der Waals surface area contributed by atoms with Gasteiger partial charge in [-0.25, -0.2) is 4.98 Å². The van der Waals surface area contributed by atoms with Crippen LogP contribution in [0.15, 0.2) is 28.8 Å². The number of hydrogen-bond donors (Lipinski definition) is 0. The minimum atomic E-state index is 0.218. The molecule has 4 rings (SSSR count). The maximum absolute atomic E-state index is 12.7. The summed E-state index contributed by atoms with van der Waals surface area (Å²) in [6, 6.07) is 8.25. The van der Waals surface area contributed by atoms with Crippen molar-refractivity contribution >= 4 is 27.5 Å². The molecular weight excluding hydrogens is 346 g/mol. The molecule has 0 radical (unpaired) electrons. The number of carbonyl (C=O) groups is 1. The minimum absolute atomic E-state index is 0.218. The lowest BCUT2D eigenvalue weighted by atomic mass is 9.98. The predicted molar refractivity (Wildman–Crippen MR) is 102 cm³/mol. The van der Waals surface area contributed by atoms with E-state index in [0.717, 1.165) is 53.5 Å². The molecule has 1 saturated heterocycles. The Kier molecular flexibility index (Phi) is 4.76. The van der Waals surface area contributed by atoms with Gasteiger partial charge in [-0.2, -0.15) is 0 Å². The third kappa shape index (κ3) is 3.38. The number of para-hydroxylation sites is 1. The van der Waals surface area contributed by atoms with Crippen LogP contribution in [-0.4, -0.2) is 34.0 Å². The fourth-order valence-electron chi connectivity index (χ4n) is 3.72. The summed E-state index contributed by atoms with van der Waals surface area (Å²) < 4.78 is 6.42. The molecule has 0 aliphatic carbocycles. The van der Waals surface area contributed by atoms with Crippen LogP contribution in [0.2, 0.25) is 0 Å². The predicted octanol–water partition coefficient (Wildman–Crippen LogP) is 4.24. The number of likely N-dealkylation sites (tertiary alicyclic amines) is 1. The Balaban J connectivity index is 1.42. The Bertz CT molecular complexity index is 878. The number of benzene rings is 1. The molecule has 0 spiro atoms. The van der Waals surface area contributed by atoms with Crippen molar-refractivity contribution in [1.29, 1.82) is 0 Å². The second-order valence-electron chi connectivity index (χ2n) is 7.00. The highest BCUT2D eigenvalue weighted by Gasteiger charge is 2.27. The summed E-state index contributed by atoms with van der Waals surface area (Å²) in [6.07, 6.45) is 3.35. The molecule has 1 aromatic carbocycles. The van der Waals surface area contributed by atoms with Crippen LogP contribution < -0.4 is 0 Å².